The molecular weight excluding hydrogens is 332 g/mol. The number of phenolic OH excluding ortho intramolecular Hbond substituents is 1. The van der Waals surface area contributed by atoms with Gasteiger partial charge in [-0.05, 0) is 52.0 Å². The number of aromatic hydroxyl groups is 1. The summed E-state index contributed by atoms with van der Waals surface area (Å²) in [6.07, 6.45) is 7.77. The average Bonchev–Trinajstić information content (AvgIpc) is 2.52. The van der Waals surface area contributed by atoms with Gasteiger partial charge in [0.25, 0.3) is 0 Å². The normalized spacial score (nSPS) is 12.8. The lowest BCUT2D eigenvalue weighted by molar-refractivity contribution is 0.116. The molecule has 0 spiro atoms. The Morgan fingerprint density at radius 1 is 0.815 bits per heavy atom. The van der Waals surface area contributed by atoms with E-state index in [-0.39, 0.29) is 10.8 Å². The van der Waals surface area contributed by atoms with E-state index in [0.717, 1.165) is 30.1 Å². The minimum Gasteiger partial charge on any atom is -0.507 e. The van der Waals surface area contributed by atoms with Gasteiger partial charge in [0.1, 0.15) is 5.75 Å². The molecule has 0 aromatic heterocycles. The fourth-order valence-electron chi connectivity index (χ4n) is 3.40. The molecule has 1 aromatic carbocycles. The molecular formula is C25H44O2. The second kappa shape index (κ2) is 10.5. The second-order valence-electron chi connectivity index (χ2n) is 10.5. The van der Waals surface area contributed by atoms with Crippen molar-refractivity contribution in [3.8, 4) is 5.75 Å². The maximum absolute atomic E-state index is 10.8. The Morgan fingerprint density at radius 3 is 1.78 bits per heavy atom. The first-order valence-corrected chi connectivity index (χ1v) is 10.9. The lowest BCUT2D eigenvalue weighted by Crippen LogP contribution is -2.18. The zero-order chi connectivity index (χ0) is 20.7. The van der Waals surface area contributed by atoms with Gasteiger partial charge < -0.3 is 9.84 Å². The SMILES string of the molecule is CC(C)CCCCCCCOCc1cc(C(C)(C)C)c(O)c(C(C)(C)C)c1. The van der Waals surface area contributed by atoms with Gasteiger partial charge in [-0.3, -0.25) is 0 Å². The van der Waals surface area contributed by atoms with E-state index in [9.17, 15) is 5.11 Å². The Hall–Kier alpha value is -1.02. The van der Waals surface area contributed by atoms with Gasteiger partial charge >= 0.3 is 0 Å². The van der Waals surface area contributed by atoms with Crippen molar-refractivity contribution >= 4 is 0 Å². The molecule has 0 bridgehead atoms. The number of hydrogen-bond donors (Lipinski definition) is 1. The third kappa shape index (κ3) is 8.68. The molecule has 0 aliphatic heterocycles. The molecule has 0 aliphatic rings. The molecule has 0 heterocycles. The van der Waals surface area contributed by atoms with Crippen LogP contribution in [0.5, 0.6) is 5.75 Å². The van der Waals surface area contributed by atoms with Crippen molar-refractivity contribution in [2.75, 3.05) is 6.61 Å². The molecule has 27 heavy (non-hydrogen) atoms. The summed E-state index contributed by atoms with van der Waals surface area (Å²) in [5.41, 5.74) is 3.02. The van der Waals surface area contributed by atoms with Crippen LogP contribution in [0.25, 0.3) is 0 Å². The molecule has 156 valence electrons. The molecule has 0 amide bonds. The highest BCUT2D eigenvalue weighted by Gasteiger charge is 2.26. The number of rotatable bonds is 10. The first-order chi connectivity index (χ1) is 12.4. The first-order valence-electron chi connectivity index (χ1n) is 10.9. The van der Waals surface area contributed by atoms with Crippen molar-refractivity contribution in [2.45, 2.75) is 111 Å². The van der Waals surface area contributed by atoms with E-state index in [1.54, 1.807) is 0 Å². The van der Waals surface area contributed by atoms with E-state index >= 15 is 0 Å². The third-order valence-electron chi connectivity index (χ3n) is 5.12. The summed E-state index contributed by atoms with van der Waals surface area (Å²) in [5.74, 6) is 1.27. The highest BCUT2D eigenvalue weighted by atomic mass is 16.5. The van der Waals surface area contributed by atoms with Crippen LogP contribution in [0.15, 0.2) is 12.1 Å². The monoisotopic (exact) mass is 376 g/mol. The molecule has 2 nitrogen and oxygen atoms in total. The molecule has 0 radical (unpaired) electrons. The lowest BCUT2D eigenvalue weighted by Gasteiger charge is -2.28. The number of benzene rings is 1. The van der Waals surface area contributed by atoms with Gasteiger partial charge in [-0.2, -0.15) is 0 Å². The Kier molecular flexibility index (Phi) is 9.34. The third-order valence-corrected chi connectivity index (χ3v) is 5.12. The van der Waals surface area contributed by atoms with E-state index in [2.05, 4.69) is 67.5 Å². The number of unbranched alkanes of at least 4 members (excludes halogenated alkanes) is 4. The van der Waals surface area contributed by atoms with Crippen LogP contribution in [0.1, 0.15) is 111 Å². The van der Waals surface area contributed by atoms with Crippen LogP contribution in [0.4, 0.5) is 0 Å². The number of phenols is 1. The number of ether oxygens (including phenoxy) is 1. The van der Waals surface area contributed by atoms with Gasteiger partial charge in [0.05, 0.1) is 6.61 Å². The molecule has 0 aliphatic carbocycles. The molecule has 1 aromatic rings. The predicted octanol–water partition coefficient (Wildman–Crippen LogP) is 7.50. The molecule has 0 saturated carbocycles. The highest BCUT2D eigenvalue weighted by molar-refractivity contribution is 5.49. The zero-order valence-electron chi connectivity index (χ0n) is 19.2. The number of hydrogen-bond acceptors (Lipinski definition) is 2. The van der Waals surface area contributed by atoms with Crippen LogP contribution in [0.3, 0.4) is 0 Å². The van der Waals surface area contributed by atoms with Crippen LogP contribution in [0, 0.1) is 5.92 Å². The van der Waals surface area contributed by atoms with E-state index in [4.69, 9.17) is 4.74 Å². The van der Waals surface area contributed by atoms with Gasteiger partial charge in [-0.1, -0.05) is 87.5 Å². The lowest BCUT2D eigenvalue weighted by atomic mass is 9.78. The van der Waals surface area contributed by atoms with Gasteiger partial charge in [-0.15, -0.1) is 0 Å². The Bertz CT molecular complexity index is 524. The van der Waals surface area contributed by atoms with Crippen molar-refractivity contribution in [3.63, 3.8) is 0 Å². The second-order valence-corrected chi connectivity index (χ2v) is 10.5. The van der Waals surface area contributed by atoms with Crippen molar-refractivity contribution in [1.82, 2.24) is 0 Å². The summed E-state index contributed by atoms with van der Waals surface area (Å²) in [5, 5.41) is 10.8. The highest BCUT2D eigenvalue weighted by Crippen LogP contribution is 2.39. The summed E-state index contributed by atoms with van der Waals surface area (Å²) < 4.78 is 5.96. The van der Waals surface area contributed by atoms with Crippen LogP contribution in [0.2, 0.25) is 0 Å². The van der Waals surface area contributed by atoms with Crippen LogP contribution in [-0.4, -0.2) is 11.7 Å². The summed E-state index contributed by atoms with van der Waals surface area (Å²) in [7, 11) is 0. The zero-order valence-corrected chi connectivity index (χ0v) is 19.2. The summed E-state index contributed by atoms with van der Waals surface area (Å²) in [4.78, 5) is 0. The standard InChI is InChI=1S/C25H44O2/c1-19(2)14-12-10-9-11-13-15-27-18-20-16-21(24(3,4)5)23(26)22(17-20)25(6,7)8/h16-17,19,26H,9-15,18H2,1-8H3. The van der Waals surface area contributed by atoms with Crippen LogP contribution >= 0.6 is 0 Å². The smallest absolute Gasteiger partial charge is 0.123 e. The maximum atomic E-state index is 10.8. The van der Waals surface area contributed by atoms with Crippen molar-refractivity contribution < 1.29 is 9.84 Å². The molecule has 0 saturated heterocycles. The summed E-state index contributed by atoms with van der Waals surface area (Å²) in [6, 6.07) is 4.24. The minimum absolute atomic E-state index is 0.0872. The predicted molar refractivity (Wildman–Crippen MR) is 118 cm³/mol. The maximum Gasteiger partial charge on any atom is 0.123 e. The average molecular weight is 377 g/mol. The van der Waals surface area contributed by atoms with E-state index in [1.807, 2.05) is 0 Å². The molecule has 2 heteroatoms. The van der Waals surface area contributed by atoms with Crippen LogP contribution in [-0.2, 0) is 22.2 Å². The molecule has 0 fully saturated rings. The van der Waals surface area contributed by atoms with Crippen molar-refractivity contribution in [3.05, 3.63) is 28.8 Å². The molecule has 1 N–H and O–H groups in total. The van der Waals surface area contributed by atoms with Gasteiger partial charge in [-0.25, -0.2) is 0 Å². The van der Waals surface area contributed by atoms with Crippen molar-refractivity contribution in [1.29, 1.82) is 0 Å². The molecule has 1 rings (SSSR count). The molecule has 0 atom stereocenters. The largest absolute Gasteiger partial charge is 0.507 e. The van der Waals surface area contributed by atoms with Gasteiger partial charge in [0.2, 0.25) is 0 Å². The minimum atomic E-state index is -0.0872. The van der Waals surface area contributed by atoms with E-state index in [0.29, 0.717) is 12.4 Å². The van der Waals surface area contributed by atoms with E-state index < -0.39 is 0 Å². The summed E-state index contributed by atoms with van der Waals surface area (Å²) in [6.45, 7) is 19.0. The summed E-state index contributed by atoms with van der Waals surface area (Å²) >= 11 is 0. The van der Waals surface area contributed by atoms with Gasteiger partial charge in [0, 0.05) is 6.61 Å². The molecule has 0 unspecified atom stereocenters. The van der Waals surface area contributed by atoms with Gasteiger partial charge in [0.15, 0.2) is 0 Å². The Balaban J connectivity index is 2.56. The fraction of sp³-hybridized carbons (Fsp3) is 0.760. The topological polar surface area (TPSA) is 29.5 Å². The Morgan fingerprint density at radius 2 is 1.30 bits per heavy atom. The van der Waals surface area contributed by atoms with E-state index in [1.165, 1.54) is 37.7 Å². The Labute approximate surface area is 168 Å². The first kappa shape index (κ1) is 24.0. The van der Waals surface area contributed by atoms with Crippen LogP contribution < -0.4 is 0 Å². The van der Waals surface area contributed by atoms with Crippen molar-refractivity contribution in [2.24, 2.45) is 5.92 Å². The fourth-order valence-corrected chi connectivity index (χ4v) is 3.40. The quantitative estimate of drug-likeness (QED) is 0.428.